The molecule has 0 aliphatic carbocycles. The Labute approximate surface area is 654 Å². The number of unbranched alkanes of at least 4 members (excludes halogenated alkanes) is 66. The summed E-state index contributed by atoms with van der Waals surface area (Å²) in [6.07, 6.45) is 113. The van der Waals surface area contributed by atoms with E-state index in [1.54, 1.807) is 0 Å². The number of likely N-dealkylation sites (N-methyl/N-ethyl adjacent to an activating group) is 1. The molecule has 0 aliphatic heterocycles. The Bertz CT molecular complexity index is 1870. The standard InChI is InChI=1S/C96H181NO8/c1-6-8-10-12-14-16-18-20-22-24-26-28-30-32-34-36-38-40-42-44-46-47-49-51-53-55-57-59-61-63-65-67-69-71-73-75-77-79-81-83-85-87-94(99)105-92(91-104-96(95(100)101)102-89-88-97(3,4)5)90-103-93(98)86-84-82-80-78-76-74-72-70-68-66-64-62-60-58-56-54-52-50-48-45-43-41-39-37-35-33-31-29-27-25-23-21-19-17-15-13-11-9-7-2/h18,20,24-27,30,32,92,96H,6-17,19,21-23,28-29,31,33-91H2,1-5H3/b20-18-,26-24-,27-25-,32-30-. The third kappa shape index (κ3) is 88.3. The first-order valence-electron chi connectivity index (χ1n) is 46.8. The molecule has 0 spiro atoms. The van der Waals surface area contributed by atoms with E-state index < -0.39 is 24.3 Å². The van der Waals surface area contributed by atoms with Gasteiger partial charge in [-0.2, -0.15) is 0 Å². The number of hydrogen-bond donors (Lipinski definition) is 0. The van der Waals surface area contributed by atoms with Crippen molar-refractivity contribution in [1.29, 1.82) is 0 Å². The molecule has 0 heterocycles. The average molecular weight is 1480 g/mol. The quantitative estimate of drug-likeness (QED) is 0.0195. The van der Waals surface area contributed by atoms with Gasteiger partial charge < -0.3 is 33.3 Å². The lowest BCUT2D eigenvalue weighted by Crippen LogP contribution is -2.44. The van der Waals surface area contributed by atoms with Gasteiger partial charge in [0.1, 0.15) is 13.2 Å². The van der Waals surface area contributed by atoms with E-state index in [4.69, 9.17) is 18.9 Å². The molecule has 105 heavy (non-hydrogen) atoms. The van der Waals surface area contributed by atoms with Gasteiger partial charge in [-0.25, -0.2) is 0 Å². The van der Waals surface area contributed by atoms with Crippen molar-refractivity contribution < 1.29 is 42.9 Å². The van der Waals surface area contributed by atoms with Gasteiger partial charge >= 0.3 is 11.9 Å². The van der Waals surface area contributed by atoms with E-state index in [9.17, 15) is 19.5 Å². The van der Waals surface area contributed by atoms with Gasteiger partial charge in [0.25, 0.3) is 0 Å². The molecule has 0 aromatic heterocycles. The fraction of sp³-hybridized carbons (Fsp3) is 0.885. The van der Waals surface area contributed by atoms with Gasteiger partial charge in [-0.05, 0) is 77.0 Å². The minimum atomic E-state index is -1.62. The molecular formula is C96H181NO8. The Morgan fingerprint density at radius 2 is 0.514 bits per heavy atom. The van der Waals surface area contributed by atoms with Crippen molar-refractivity contribution in [3.63, 3.8) is 0 Å². The normalized spacial score (nSPS) is 12.7. The first kappa shape index (κ1) is 102. The van der Waals surface area contributed by atoms with Gasteiger partial charge in [0.2, 0.25) is 0 Å². The summed E-state index contributed by atoms with van der Waals surface area (Å²) in [7, 11) is 5.96. The van der Waals surface area contributed by atoms with E-state index in [1.165, 1.54) is 411 Å². The summed E-state index contributed by atoms with van der Waals surface area (Å²) in [6.45, 7) is 4.82. The maximum absolute atomic E-state index is 13.0. The summed E-state index contributed by atoms with van der Waals surface area (Å²) in [6, 6.07) is 0. The zero-order chi connectivity index (χ0) is 76.0. The summed E-state index contributed by atoms with van der Waals surface area (Å²) in [5.74, 6) is -2.24. The first-order valence-corrected chi connectivity index (χ1v) is 46.8. The van der Waals surface area contributed by atoms with Crippen molar-refractivity contribution >= 4 is 17.9 Å². The zero-order valence-corrected chi connectivity index (χ0v) is 71.1. The molecule has 0 bridgehead atoms. The molecule has 2 atom stereocenters. The van der Waals surface area contributed by atoms with Crippen LogP contribution in [0.1, 0.15) is 489 Å². The molecule has 0 saturated carbocycles. The van der Waals surface area contributed by atoms with Crippen LogP contribution in [-0.2, 0) is 33.3 Å². The van der Waals surface area contributed by atoms with E-state index in [-0.39, 0.29) is 32.2 Å². The molecule has 0 aromatic rings. The predicted molar refractivity (Wildman–Crippen MR) is 454 cm³/mol. The maximum Gasteiger partial charge on any atom is 0.306 e. The highest BCUT2D eigenvalue weighted by Crippen LogP contribution is 2.21. The van der Waals surface area contributed by atoms with E-state index in [2.05, 4.69) is 62.5 Å². The van der Waals surface area contributed by atoms with Crippen LogP contribution in [0, 0.1) is 0 Å². The number of quaternary nitrogens is 1. The van der Waals surface area contributed by atoms with Crippen LogP contribution in [0.25, 0.3) is 0 Å². The van der Waals surface area contributed by atoms with Crippen LogP contribution in [0.4, 0.5) is 0 Å². The number of esters is 2. The molecule has 0 rings (SSSR count). The van der Waals surface area contributed by atoms with Crippen molar-refractivity contribution in [2.75, 3.05) is 47.5 Å². The topological polar surface area (TPSA) is 111 Å². The Balaban J connectivity index is 3.87. The van der Waals surface area contributed by atoms with Gasteiger partial charge in [-0.15, -0.1) is 0 Å². The van der Waals surface area contributed by atoms with E-state index in [0.717, 1.165) is 51.4 Å². The third-order valence-electron chi connectivity index (χ3n) is 21.5. The second kappa shape index (κ2) is 86.8. The number of carboxylic acid groups (broad SMARTS) is 1. The molecule has 0 amide bonds. The van der Waals surface area contributed by atoms with Crippen molar-refractivity contribution in [1.82, 2.24) is 0 Å². The Kier molecular flexibility index (Phi) is 84.6. The van der Waals surface area contributed by atoms with Crippen LogP contribution in [0.15, 0.2) is 48.6 Å². The molecular weight excluding hydrogens is 1300 g/mol. The summed E-state index contributed by atoms with van der Waals surface area (Å²) in [5, 5.41) is 11.9. The lowest BCUT2D eigenvalue weighted by molar-refractivity contribution is -0.870. The number of carbonyl (C=O) groups excluding carboxylic acids is 3. The number of rotatable bonds is 89. The molecule has 0 saturated heterocycles. The molecule has 0 radical (unpaired) electrons. The molecule has 9 heteroatoms. The number of nitrogens with zero attached hydrogens (tertiary/aromatic N) is 1. The predicted octanol–water partition coefficient (Wildman–Crippen LogP) is 29.4. The third-order valence-corrected chi connectivity index (χ3v) is 21.5. The summed E-state index contributed by atoms with van der Waals surface area (Å²) >= 11 is 0. The number of ether oxygens (including phenoxy) is 4. The van der Waals surface area contributed by atoms with Gasteiger partial charge in [0.15, 0.2) is 12.4 Å². The van der Waals surface area contributed by atoms with Crippen LogP contribution in [-0.4, -0.2) is 82.3 Å². The van der Waals surface area contributed by atoms with Crippen LogP contribution in [0.2, 0.25) is 0 Å². The highest BCUT2D eigenvalue weighted by Gasteiger charge is 2.22. The second-order valence-electron chi connectivity index (χ2n) is 33.3. The highest BCUT2D eigenvalue weighted by molar-refractivity contribution is 5.70. The van der Waals surface area contributed by atoms with Gasteiger partial charge in [-0.3, -0.25) is 9.59 Å². The number of allylic oxidation sites excluding steroid dienone is 8. The van der Waals surface area contributed by atoms with E-state index >= 15 is 0 Å². The molecule has 618 valence electrons. The monoisotopic (exact) mass is 1480 g/mol. The number of hydrogen-bond acceptors (Lipinski definition) is 8. The fourth-order valence-electron chi connectivity index (χ4n) is 14.4. The molecule has 9 nitrogen and oxygen atoms in total. The maximum atomic E-state index is 13.0. The van der Waals surface area contributed by atoms with Crippen molar-refractivity contribution in [2.24, 2.45) is 0 Å². The van der Waals surface area contributed by atoms with Crippen LogP contribution in [0.3, 0.4) is 0 Å². The lowest BCUT2D eigenvalue weighted by Gasteiger charge is -2.26. The summed E-state index contributed by atoms with van der Waals surface area (Å²) in [5.41, 5.74) is 0. The molecule has 0 aromatic carbocycles. The average Bonchev–Trinajstić information content (AvgIpc) is 1.18. The SMILES string of the molecule is CCCCCCC/C=C\C/C=C\C/C=C\CCCCCCCCCCCCCCCCCCCCCCCCCCCCC(=O)OC(COC(=O)CCCCCCCCCCCCCCCCCCCCCCCCCCCCC/C=C\CCCCCCCCCC)COC(OCC[N+](C)(C)C)C(=O)[O-]. The van der Waals surface area contributed by atoms with Crippen LogP contribution < -0.4 is 5.11 Å². The largest absolute Gasteiger partial charge is 0.545 e. The highest BCUT2D eigenvalue weighted by atomic mass is 16.7. The molecule has 0 aliphatic rings. The second-order valence-corrected chi connectivity index (χ2v) is 33.3. The minimum absolute atomic E-state index is 0.151. The Hall–Kier alpha value is -2.75. The molecule has 2 unspecified atom stereocenters. The Morgan fingerprint density at radius 1 is 0.286 bits per heavy atom. The lowest BCUT2D eigenvalue weighted by atomic mass is 10.0. The Morgan fingerprint density at radius 3 is 0.771 bits per heavy atom. The number of carbonyl (C=O) groups is 3. The number of aliphatic carboxylic acids is 1. The summed E-state index contributed by atoms with van der Waals surface area (Å²) in [4.78, 5) is 37.7. The minimum Gasteiger partial charge on any atom is -0.545 e. The fourth-order valence-corrected chi connectivity index (χ4v) is 14.4. The van der Waals surface area contributed by atoms with Gasteiger partial charge in [0, 0.05) is 12.8 Å². The van der Waals surface area contributed by atoms with Crippen LogP contribution >= 0.6 is 0 Å². The van der Waals surface area contributed by atoms with Gasteiger partial charge in [0.05, 0.1) is 40.3 Å². The number of carboxylic acids is 1. The van der Waals surface area contributed by atoms with Crippen molar-refractivity contribution in [2.45, 2.75) is 501 Å². The molecule has 0 fully saturated rings. The van der Waals surface area contributed by atoms with Crippen LogP contribution in [0.5, 0.6) is 0 Å². The smallest absolute Gasteiger partial charge is 0.306 e. The van der Waals surface area contributed by atoms with Crippen molar-refractivity contribution in [3.05, 3.63) is 48.6 Å². The van der Waals surface area contributed by atoms with E-state index in [1.807, 2.05) is 21.1 Å². The van der Waals surface area contributed by atoms with Gasteiger partial charge in [-0.1, -0.05) is 448 Å². The zero-order valence-electron chi connectivity index (χ0n) is 71.1. The first-order chi connectivity index (χ1) is 51.6. The van der Waals surface area contributed by atoms with Crippen molar-refractivity contribution in [3.8, 4) is 0 Å². The summed E-state index contributed by atoms with van der Waals surface area (Å²) < 4.78 is 22.9. The van der Waals surface area contributed by atoms with E-state index in [0.29, 0.717) is 17.4 Å². The molecule has 0 N–H and O–H groups in total.